The summed E-state index contributed by atoms with van der Waals surface area (Å²) >= 11 is 0. The fourth-order valence-corrected chi connectivity index (χ4v) is 4.53. The van der Waals surface area contributed by atoms with Gasteiger partial charge in [0.15, 0.2) is 5.82 Å². The van der Waals surface area contributed by atoms with E-state index in [2.05, 4.69) is 16.0 Å². The van der Waals surface area contributed by atoms with E-state index < -0.39 is 0 Å². The summed E-state index contributed by atoms with van der Waals surface area (Å²) in [7, 11) is 0. The van der Waals surface area contributed by atoms with E-state index in [0.717, 1.165) is 33.1 Å². The van der Waals surface area contributed by atoms with Crippen LogP contribution in [0.1, 0.15) is 0 Å². The van der Waals surface area contributed by atoms with Crippen molar-refractivity contribution in [2.75, 3.05) is 0 Å². The number of nitrogens with zero attached hydrogens (tertiary/aromatic N) is 5. The molecule has 0 amide bonds. The van der Waals surface area contributed by atoms with Gasteiger partial charge >= 0.3 is 12.0 Å². The Hall–Kier alpha value is -5.30. The van der Waals surface area contributed by atoms with Crippen molar-refractivity contribution in [1.29, 1.82) is 0 Å². The quantitative estimate of drug-likeness (QED) is 0.302. The van der Waals surface area contributed by atoms with Crippen molar-refractivity contribution in [3.05, 3.63) is 109 Å². The van der Waals surface area contributed by atoms with Crippen LogP contribution in [0.25, 0.3) is 49.9 Å². The monoisotopic (exact) mass is 481 g/mol. The van der Waals surface area contributed by atoms with Gasteiger partial charge in [0.2, 0.25) is 0 Å². The second kappa shape index (κ2) is 8.42. The molecule has 0 bridgehead atoms. The van der Waals surface area contributed by atoms with Gasteiger partial charge in [0.05, 0.1) is 27.8 Å². The molecule has 0 unspecified atom stereocenters. The molecule has 3 heterocycles. The van der Waals surface area contributed by atoms with Gasteiger partial charge in [0.25, 0.3) is 0 Å². The molecule has 7 heteroatoms. The lowest BCUT2D eigenvalue weighted by Crippen LogP contribution is -2.02. The summed E-state index contributed by atoms with van der Waals surface area (Å²) in [5, 5.41) is 12.6. The molecule has 0 aliphatic heterocycles. The highest BCUT2D eigenvalue weighted by Crippen LogP contribution is 2.32. The molecule has 7 rings (SSSR count). The number of benzene rings is 4. The van der Waals surface area contributed by atoms with Gasteiger partial charge in [-0.3, -0.25) is 0 Å². The maximum Gasteiger partial charge on any atom is 0.324 e. The molecule has 0 saturated heterocycles. The van der Waals surface area contributed by atoms with Crippen molar-refractivity contribution in [2.24, 2.45) is 0 Å². The number of imidazole rings is 1. The molecule has 0 aliphatic carbocycles. The van der Waals surface area contributed by atoms with E-state index in [1.165, 1.54) is 0 Å². The summed E-state index contributed by atoms with van der Waals surface area (Å²) in [6.07, 6.45) is 0. The third kappa shape index (κ3) is 3.70. The summed E-state index contributed by atoms with van der Waals surface area (Å²) in [5.41, 5.74) is 4.79. The number of para-hydroxylation sites is 4. The Morgan fingerprint density at radius 1 is 0.622 bits per heavy atom. The van der Waals surface area contributed by atoms with E-state index >= 15 is 0 Å². The number of ether oxygens (including phenoxy) is 1. The first-order valence-electron chi connectivity index (χ1n) is 11.8. The van der Waals surface area contributed by atoms with E-state index in [-0.39, 0.29) is 12.0 Å². The van der Waals surface area contributed by atoms with Crippen LogP contribution >= 0.6 is 0 Å². The van der Waals surface area contributed by atoms with Crippen molar-refractivity contribution in [1.82, 2.24) is 24.5 Å². The van der Waals surface area contributed by atoms with Crippen LogP contribution in [-0.2, 0) is 0 Å². The summed E-state index contributed by atoms with van der Waals surface area (Å²) in [4.78, 5) is 18.4. The van der Waals surface area contributed by atoms with Gasteiger partial charge in [-0.05, 0) is 48.5 Å². The Balaban J connectivity index is 1.32. The average Bonchev–Trinajstić information content (AvgIpc) is 3.28. The Kier molecular flexibility index (Phi) is 4.79. The Morgan fingerprint density at radius 2 is 1.41 bits per heavy atom. The van der Waals surface area contributed by atoms with Gasteiger partial charge in [0.1, 0.15) is 5.75 Å². The molecule has 1 N–H and O–H groups in total. The second-order valence-electron chi connectivity index (χ2n) is 8.60. The summed E-state index contributed by atoms with van der Waals surface area (Å²) < 4.78 is 7.77. The zero-order chi connectivity index (χ0) is 24.8. The molecule has 0 saturated carbocycles. The first kappa shape index (κ1) is 21.0. The largest absolute Gasteiger partial charge is 0.480 e. The van der Waals surface area contributed by atoms with E-state index in [1.807, 2.05) is 103 Å². The molecule has 0 fully saturated rings. The van der Waals surface area contributed by atoms with Crippen LogP contribution in [0.3, 0.4) is 0 Å². The molecule has 4 aromatic carbocycles. The normalized spacial score (nSPS) is 11.4. The number of fused-ring (bicyclic) bond motifs is 3. The van der Waals surface area contributed by atoms with Gasteiger partial charge in [-0.15, -0.1) is 0 Å². The van der Waals surface area contributed by atoms with Crippen LogP contribution in [0, 0.1) is 0 Å². The first-order chi connectivity index (χ1) is 18.2. The highest BCUT2D eigenvalue weighted by atomic mass is 16.5. The minimum atomic E-state index is -0.152. The maximum atomic E-state index is 10.7. The average molecular weight is 482 g/mol. The summed E-state index contributed by atoms with van der Waals surface area (Å²) in [5.74, 6) is 1.06. The van der Waals surface area contributed by atoms with Crippen LogP contribution in [0.15, 0.2) is 109 Å². The molecule has 7 nitrogen and oxygen atoms in total. The zero-order valence-electron chi connectivity index (χ0n) is 19.5. The molecule has 0 aliphatic rings. The maximum absolute atomic E-state index is 10.7. The minimum absolute atomic E-state index is 0.152. The van der Waals surface area contributed by atoms with Crippen molar-refractivity contribution in [3.63, 3.8) is 0 Å². The Morgan fingerprint density at radius 3 is 2.32 bits per heavy atom. The lowest BCUT2D eigenvalue weighted by molar-refractivity contribution is 0.420. The van der Waals surface area contributed by atoms with Gasteiger partial charge in [-0.25, -0.2) is 9.55 Å². The molecule has 0 spiro atoms. The van der Waals surface area contributed by atoms with Gasteiger partial charge < -0.3 is 9.84 Å². The van der Waals surface area contributed by atoms with E-state index in [4.69, 9.17) is 14.7 Å². The molecule has 3 aromatic heterocycles. The van der Waals surface area contributed by atoms with Crippen molar-refractivity contribution < 1.29 is 9.84 Å². The third-order valence-electron chi connectivity index (χ3n) is 6.25. The van der Waals surface area contributed by atoms with Crippen LogP contribution in [0.2, 0.25) is 0 Å². The van der Waals surface area contributed by atoms with Gasteiger partial charge in [-0.2, -0.15) is 15.0 Å². The van der Waals surface area contributed by atoms with Gasteiger partial charge in [-0.1, -0.05) is 60.7 Å². The number of aromatic nitrogens is 5. The fourth-order valence-electron chi connectivity index (χ4n) is 4.53. The zero-order valence-corrected chi connectivity index (χ0v) is 19.5. The Bertz CT molecular complexity index is 1950. The highest BCUT2D eigenvalue weighted by Gasteiger charge is 2.18. The van der Waals surface area contributed by atoms with Crippen LogP contribution in [-0.4, -0.2) is 29.6 Å². The first-order valence-corrected chi connectivity index (χ1v) is 11.8. The molecule has 37 heavy (non-hydrogen) atoms. The molecule has 7 aromatic rings. The Labute approximate surface area is 211 Å². The fraction of sp³-hybridized carbons (Fsp3) is 0. The lowest BCUT2D eigenvalue weighted by Gasteiger charge is -2.12. The summed E-state index contributed by atoms with van der Waals surface area (Å²) in [6.45, 7) is 0. The van der Waals surface area contributed by atoms with Crippen LogP contribution in [0.4, 0.5) is 0 Å². The number of pyridine rings is 1. The molecule has 0 atom stereocenters. The van der Waals surface area contributed by atoms with Crippen molar-refractivity contribution in [3.8, 4) is 34.8 Å². The minimum Gasteiger partial charge on any atom is -0.480 e. The predicted octanol–water partition coefficient (Wildman–Crippen LogP) is 6.68. The SMILES string of the molecule is Oc1nc2ccccc2n1-c1nc(Oc2cccc(-c3ccc4ccccc4n3)c2)nc2ccccc12. The van der Waals surface area contributed by atoms with Gasteiger partial charge in [0, 0.05) is 16.3 Å². The van der Waals surface area contributed by atoms with Crippen molar-refractivity contribution >= 4 is 32.8 Å². The van der Waals surface area contributed by atoms with Crippen molar-refractivity contribution in [2.45, 2.75) is 0 Å². The topological polar surface area (TPSA) is 86.0 Å². The molecular weight excluding hydrogens is 462 g/mol. The summed E-state index contributed by atoms with van der Waals surface area (Å²) in [6, 6.07) is 34.9. The van der Waals surface area contributed by atoms with Crippen LogP contribution in [0.5, 0.6) is 17.8 Å². The molecule has 176 valence electrons. The standard InChI is InChI=1S/C30H19N5O2/c36-30-33-26-14-5-6-15-27(26)35(30)28-22-11-2-4-13-25(22)32-29(34-28)37-21-10-7-9-20(18-21)24-17-16-19-8-1-3-12-23(19)31-24/h1-18H,(H,33,36). The van der Waals surface area contributed by atoms with E-state index in [0.29, 0.717) is 22.6 Å². The molecular formula is C30H19N5O2. The highest BCUT2D eigenvalue weighted by molar-refractivity contribution is 5.89. The third-order valence-corrected chi connectivity index (χ3v) is 6.25. The predicted molar refractivity (Wildman–Crippen MR) is 143 cm³/mol. The number of hydrogen-bond acceptors (Lipinski definition) is 6. The second-order valence-corrected chi connectivity index (χ2v) is 8.60. The molecule has 0 radical (unpaired) electrons. The lowest BCUT2D eigenvalue weighted by atomic mass is 10.1. The number of aromatic hydroxyl groups is 1. The number of rotatable bonds is 4. The van der Waals surface area contributed by atoms with E-state index in [9.17, 15) is 5.11 Å². The van der Waals surface area contributed by atoms with Crippen LogP contribution < -0.4 is 4.74 Å². The van der Waals surface area contributed by atoms with E-state index in [1.54, 1.807) is 4.57 Å². The smallest absolute Gasteiger partial charge is 0.324 e. The number of hydrogen-bond donors (Lipinski definition) is 1.